The highest BCUT2D eigenvalue weighted by Gasteiger charge is 2.13. The fourth-order valence-electron chi connectivity index (χ4n) is 2.02. The molecule has 1 heterocycles. The van der Waals surface area contributed by atoms with Gasteiger partial charge in [-0.1, -0.05) is 24.3 Å². The van der Waals surface area contributed by atoms with Gasteiger partial charge in [-0.15, -0.1) is 6.58 Å². The SMILES string of the molecule is C=CCNC(=O)c1cccc(C(=O)Nc2cccc(C)c2C)n1. The van der Waals surface area contributed by atoms with Gasteiger partial charge in [-0.3, -0.25) is 9.59 Å². The van der Waals surface area contributed by atoms with Gasteiger partial charge in [0.05, 0.1) is 0 Å². The fourth-order valence-corrected chi connectivity index (χ4v) is 2.02. The summed E-state index contributed by atoms with van der Waals surface area (Å²) in [4.78, 5) is 28.3. The van der Waals surface area contributed by atoms with Crippen molar-refractivity contribution in [3.8, 4) is 0 Å². The number of pyridine rings is 1. The Morgan fingerprint density at radius 3 is 2.43 bits per heavy atom. The van der Waals surface area contributed by atoms with Gasteiger partial charge in [0.1, 0.15) is 11.4 Å². The predicted molar refractivity (Wildman–Crippen MR) is 90.6 cm³/mol. The van der Waals surface area contributed by atoms with Crippen LogP contribution in [0.4, 0.5) is 5.69 Å². The summed E-state index contributed by atoms with van der Waals surface area (Å²) in [6, 6.07) is 10.5. The monoisotopic (exact) mass is 309 g/mol. The summed E-state index contributed by atoms with van der Waals surface area (Å²) in [7, 11) is 0. The minimum absolute atomic E-state index is 0.192. The first kappa shape index (κ1) is 16.4. The number of benzene rings is 1. The maximum absolute atomic E-state index is 12.3. The molecule has 2 N–H and O–H groups in total. The number of hydrogen-bond acceptors (Lipinski definition) is 3. The van der Waals surface area contributed by atoms with Crippen LogP contribution >= 0.6 is 0 Å². The lowest BCUT2D eigenvalue weighted by Gasteiger charge is -2.10. The van der Waals surface area contributed by atoms with E-state index < -0.39 is 0 Å². The van der Waals surface area contributed by atoms with Crippen molar-refractivity contribution in [2.45, 2.75) is 13.8 Å². The smallest absolute Gasteiger partial charge is 0.274 e. The number of aromatic nitrogens is 1. The molecular weight excluding hydrogens is 290 g/mol. The second kappa shape index (κ2) is 7.35. The molecule has 1 aromatic carbocycles. The molecule has 23 heavy (non-hydrogen) atoms. The normalized spacial score (nSPS) is 10.0. The summed E-state index contributed by atoms with van der Waals surface area (Å²) >= 11 is 0. The zero-order valence-electron chi connectivity index (χ0n) is 13.2. The fraction of sp³-hybridized carbons (Fsp3) is 0.167. The molecule has 0 spiro atoms. The van der Waals surface area contributed by atoms with Gasteiger partial charge in [0.15, 0.2) is 0 Å². The van der Waals surface area contributed by atoms with E-state index in [2.05, 4.69) is 22.2 Å². The van der Waals surface area contributed by atoms with Crippen molar-refractivity contribution in [3.05, 3.63) is 71.6 Å². The third-order valence-electron chi connectivity index (χ3n) is 3.47. The third-order valence-corrected chi connectivity index (χ3v) is 3.47. The van der Waals surface area contributed by atoms with Gasteiger partial charge < -0.3 is 10.6 Å². The molecule has 0 aliphatic rings. The second-order valence-electron chi connectivity index (χ2n) is 5.11. The number of anilines is 1. The Kier molecular flexibility index (Phi) is 5.25. The Bertz CT molecular complexity index is 754. The molecule has 0 saturated heterocycles. The molecule has 118 valence electrons. The molecule has 2 aromatic rings. The van der Waals surface area contributed by atoms with Gasteiger partial charge in [0.2, 0.25) is 0 Å². The van der Waals surface area contributed by atoms with Crippen molar-refractivity contribution in [3.63, 3.8) is 0 Å². The topological polar surface area (TPSA) is 71.1 Å². The number of carbonyl (C=O) groups excluding carboxylic acids is 2. The van der Waals surface area contributed by atoms with Crippen molar-refractivity contribution in [1.82, 2.24) is 10.3 Å². The standard InChI is InChI=1S/C18H19N3O2/c1-4-11-19-17(22)15-9-6-10-16(20-15)18(23)21-14-8-5-7-12(2)13(14)3/h4-10H,1,11H2,2-3H3,(H,19,22)(H,21,23). The average molecular weight is 309 g/mol. The highest BCUT2D eigenvalue weighted by atomic mass is 16.2. The molecule has 0 atom stereocenters. The van der Waals surface area contributed by atoms with Gasteiger partial charge in [-0.05, 0) is 43.2 Å². The molecule has 2 rings (SSSR count). The van der Waals surface area contributed by atoms with E-state index in [1.54, 1.807) is 24.3 Å². The molecule has 0 aliphatic heterocycles. The van der Waals surface area contributed by atoms with E-state index in [-0.39, 0.29) is 23.2 Å². The van der Waals surface area contributed by atoms with Crippen molar-refractivity contribution >= 4 is 17.5 Å². The Morgan fingerprint density at radius 1 is 1.09 bits per heavy atom. The van der Waals surface area contributed by atoms with Crippen LogP contribution in [-0.4, -0.2) is 23.3 Å². The zero-order chi connectivity index (χ0) is 16.8. The summed E-state index contributed by atoms with van der Waals surface area (Å²) < 4.78 is 0. The third kappa shape index (κ3) is 4.03. The lowest BCUT2D eigenvalue weighted by molar-refractivity contribution is 0.0953. The van der Waals surface area contributed by atoms with Gasteiger partial charge in [0.25, 0.3) is 11.8 Å². The van der Waals surface area contributed by atoms with Crippen LogP contribution in [0.1, 0.15) is 32.1 Å². The van der Waals surface area contributed by atoms with E-state index in [9.17, 15) is 9.59 Å². The predicted octanol–water partition coefficient (Wildman–Crippen LogP) is 2.87. The Morgan fingerprint density at radius 2 is 1.74 bits per heavy atom. The van der Waals surface area contributed by atoms with Gasteiger partial charge in [0, 0.05) is 12.2 Å². The van der Waals surface area contributed by atoms with E-state index in [0.29, 0.717) is 6.54 Å². The lowest BCUT2D eigenvalue weighted by atomic mass is 10.1. The quantitative estimate of drug-likeness (QED) is 0.834. The van der Waals surface area contributed by atoms with Crippen molar-refractivity contribution in [1.29, 1.82) is 0 Å². The summed E-state index contributed by atoms with van der Waals surface area (Å²) in [5.41, 5.74) is 3.21. The van der Waals surface area contributed by atoms with Crippen LogP contribution < -0.4 is 10.6 Å². The van der Waals surface area contributed by atoms with Crippen LogP contribution in [0.5, 0.6) is 0 Å². The molecule has 0 saturated carbocycles. The minimum Gasteiger partial charge on any atom is -0.347 e. The van der Waals surface area contributed by atoms with Crippen LogP contribution in [0.15, 0.2) is 49.1 Å². The lowest BCUT2D eigenvalue weighted by Crippen LogP contribution is -2.25. The molecule has 1 aromatic heterocycles. The Labute approximate surface area is 135 Å². The number of aryl methyl sites for hydroxylation is 1. The number of amides is 2. The van der Waals surface area contributed by atoms with E-state index in [1.807, 2.05) is 32.0 Å². The number of nitrogens with one attached hydrogen (secondary N) is 2. The number of rotatable bonds is 5. The van der Waals surface area contributed by atoms with E-state index in [4.69, 9.17) is 0 Å². The summed E-state index contributed by atoms with van der Waals surface area (Å²) in [6.45, 7) is 7.80. The van der Waals surface area contributed by atoms with Crippen molar-refractivity contribution in [2.24, 2.45) is 0 Å². The maximum atomic E-state index is 12.3. The highest BCUT2D eigenvalue weighted by Crippen LogP contribution is 2.18. The molecule has 0 radical (unpaired) electrons. The number of nitrogens with zero attached hydrogens (tertiary/aromatic N) is 1. The number of hydrogen-bond donors (Lipinski definition) is 2. The average Bonchev–Trinajstić information content (AvgIpc) is 2.57. The molecule has 0 bridgehead atoms. The van der Waals surface area contributed by atoms with Gasteiger partial charge >= 0.3 is 0 Å². The highest BCUT2D eigenvalue weighted by molar-refractivity contribution is 6.04. The maximum Gasteiger partial charge on any atom is 0.274 e. The van der Waals surface area contributed by atoms with E-state index >= 15 is 0 Å². The molecule has 0 unspecified atom stereocenters. The first-order valence-electron chi connectivity index (χ1n) is 7.26. The van der Waals surface area contributed by atoms with E-state index in [1.165, 1.54) is 0 Å². The first-order valence-corrected chi connectivity index (χ1v) is 7.26. The summed E-state index contributed by atoms with van der Waals surface area (Å²) in [6.07, 6.45) is 1.58. The van der Waals surface area contributed by atoms with Crippen LogP contribution in [-0.2, 0) is 0 Å². The molecule has 5 heteroatoms. The largest absolute Gasteiger partial charge is 0.347 e. The molecular formula is C18H19N3O2. The molecule has 0 aliphatic carbocycles. The number of carbonyl (C=O) groups is 2. The molecule has 0 fully saturated rings. The first-order chi connectivity index (χ1) is 11.0. The van der Waals surface area contributed by atoms with Crippen LogP contribution in [0.25, 0.3) is 0 Å². The second-order valence-corrected chi connectivity index (χ2v) is 5.11. The molecule has 2 amide bonds. The van der Waals surface area contributed by atoms with Gasteiger partial charge in [-0.25, -0.2) is 4.98 Å². The summed E-state index contributed by atoms with van der Waals surface area (Å²) in [5.74, 6) is -0.691. The van der Waals surface area contributed by atoms with E-state index in [0.717, 1.165) is 16.8 Å². The summed E-state index contributed by atoms with van der Waals surface area (Å²) in [5, 5.41) is 5.46. The molecule has 5 nitrogen and oxygen atoms in total. The van der Waals surface area contributed by atoms with Crippen LogP contribution in [0, 0.1) is 13.8 Å². The van der Waals surface area contributed by atoms with Crippen LogP contribution in [0.2, 0.25) is 0 Å². The Balaban J connectivity index is 2.18. The van der Waals surface area contributed by atoms with Crippen molar-refractivity contribution in [2.75, 3.05) is 11.9 Å². The van der Waals surface area contributed by atoms with Gasteiger partial charge in [-0.2, -0.15) is 0 Å². The minimum atomic E-state index is -0.350. The Hall–Kier alpha value is -2.95. The van der Waals surface area contributed by atoms with Crippen LogP contribution in [0.3, 0.4) is 0 Å². The zero-order valence-corrected chi connectivity index (χ0v) is 13.2. The van der Waals surface area contributed by atoms with Crippen molar-refractivity contribution < 1.29 is 9.59 Å².